The third-order valence-corrected chi connectivity index (χ3v) is 1.81. The van der Waals surface area contributed by atoms with Crippen molar-refractivity contribution < 1.29 is 14.0 Å². The molecule has 0 bridgehead atoms. The topological polar surface area (TPSA) is 46.5 Å². The average molecular weight is 215 g/mol. The van der Waals surface area contributed by atoms with Gasteiger partial charge in [-0.25, -0.2) is 0 Å². The lowest BCUT2D eigenvalue weighted by atomic mass is 10.4. The summed E-state index contributed by atoms with van der Waals surface area (Å²) >= 11 is 3.07. The molecule has 0 aromatic carbocycles. The zero-order valence-corrected chi connectivity index (χ0v) is 7.30. The van der Waals surface area contributed by atoms with Crippen molar-refractivity contribution in [2.24, 2.45) is 0 Å². The maximum absolute atomic E-state index is 10.0. The van der Waals surface area contributed by atoms with Crippen molar-refractivity contribution >= 4 is 24.2 Å². The summed E-state index contributed by atoms with van der Waals surface area (Å²) in [5.41, 5.74) is 0. The zero-order chi connectivity index (χ0) is 7.28. The van der Waals surface area contributed by atoms with Crippen LogP contribution < -0.4 is 0 Å². The Morgan fingerprint density at radius 3 is 2.67 bits per heavy atom. The number of rotatable bonds is 4. The predicted octanol–water partition coefficient (Wildman–Crippen LogP) is 1.33. The van der Waals surface area contributed by atoms with Crippen LogP contribution in [0.2, 0.25) is 0 Å². The van der Waals surface area contributed by atoms with Crippen LogP contribution >= 0.6 is 24.2 Å². The molecule has 2 atom stereocenters. The summed E-state index contributed by atoms with van der Waals surface area (Å²) in [5, 5.41) is 0.494. The molecule has 0 radical (unpaired) electrons. The van der Waals surface area contributed by atoms with Crippen molar-refractivity contribution in [3.8, 4) is 0 Å². The Balaban J connectivity index is 3.55. The van der Waals surface area contributed by atoms with Crippen LogP contribution in [-0.4, -0.2) is 16.3 Å². The Hall–Kier alpha value is 0.370. The van der Waals surface area contributed by atoms with E-state index in [1.165, 1.54) is 6.08 Å². The highest BCUT2D eigenvalue weighted by molar-refractivity contribution is 9.09. The summed E-state index contributed by atoms with van der Waals surface area (Å²) in [5.74, 6) is 0. The summed E-state index contributed by atoms with van der Waals surface area (Å²) in [4.78, 5) is 8.24. The van der Waals surface area contributed by atoms with Crippen molar-refractivity contribution in [3.63, 3.8) is 0 Å². The van der Waals surface area contributed by atoms with Gasteiger partial charge in [-0.15, -0.1) is 6.58 Å². The van der Waals surface area contributed by atoms with Gasteiger partial charge in [-0.3, -0.25) is 4.57 Å². The fourth-order valence-electron chi connectivity index (χ4n) is 0.272. The highest BCUT2D eigenvalue weighted by Crippen LogP contribution is 2.19. The molecule has 5 heteroatoms. The molecule has 0 aromatic heterocycles. The fraction of sp³-hybridized carbons (Fsp3) is 0.500. The van der Waals surface area contributed by atoms with Gasteiger partial charge in [0.05, 0.1) is 6.10 Å². The van der Waals surface area contributed by atoms with Crippen molar-refractivity contribution in [3.05, 3.63) is 12.7 Å². The molecule has 0 aromatic rings. The van der Waals surface area contributed by atoms with Gasteiger partial charge in [0.1, 0.15) is 0 Å². The molecule has 2 unspecified atom stereocenters. The lowest BCUT2D eigenvalue weighted by molar-refractivity contribution is 0.249. The Morgan fingerprint density at radius 1 is 2.00 bits per heavy atom. The Bertz CT molecular complexity index is 116. The first-order chi connectivity index (χ1) is 4.20. The smallest absolute Gasteiger partial charge is 0.317 e. The molecule has 0 aliphatic carbocycles. The van der Waals surface area contributed by atoms with Crippen LogP contribution in [0.25, 0.3) is 0 Å². The maximum atomic E-state index is 10.0. The van der Waals surface area contributed by atoms with Crippen LogP contribution in [0.5, 0.6) is 0 Å². The van der Waals surface area contributed by atoms with Crippen molar-refractivity contribution in [2.75, 3.05) is 5.33 Å². The van der Waals surface area contributed by atoms with E-state index in [4.69, 9.17) is 4.89 Å². The molecule has 0 saturated heterocycles. The summed E-state index contributed by atoms with van der Waals surface area (Å²) < 4.78 is 14.5. The predicted molar refractivity (Wildman–Crippen MR) is 40.1 cm³/mol. The first-order valence-electron chi connectivity index (χ1n) is 2.28. The maximum Gasteiger partial charge on any atom is 0.317 e. The van der Waals surface area contributed by atoms with Gasteiger partial charge in [-0.2, -0.15) is 0 Å². The number of alkyl halides is 1. The molecular formula is C4H8BrO3P. The summed E-state index contributed by atoms with van der Waals surface area (Å²) in [6, 6.07) is 0. The number of hydrogen-bond acceptors (Lipinski definition) is 2. The normalized spacial score (nSPS) is 16.7. The quantitative estimate of drug-likeness (QED) is 0.437. The molecule has 0 aliphatic rings. The fourth-order valence-corrected chi connectivity index (χ4v) is 1.35. The minimum absolute atomic E-state index is 0.360. The van der Waals surface area contributed by atoms with Crippen LogP contribution in [0.4, 0.5) is 0 Å². The van der Waals surface area contributed by atoms with Gasteiger partial charge in [0.25, 0.3) is 0 Å². The van der Waals surface area contributed by atoms with E-state index in [-0.39, 0.29) is 6.10 Å². The molecule has 54 valence electrons. The summed E-state index contributed by atoms with van der Waals surface area (Å²) in [7, 11) is -2.81. The van der Waals surface area contributed by atoms with Gasteiger partial charge in [0.2, 0.25) is 0 Å². The molecular weight excluding hydrogens is 207 g/mol. The second-order valence-corrected chi connectivity index (χ2v) is 2.73. The van der Waals surface area contributed by atoms with E-state index >= 15 is 0 Å². The van der Waals surface area contributed by atoms with Crippen LogP contribution in [0.15, 0.2) is 12.7 Å². The summed E-state index contributed by atoms with van der Waals surface area (Å²) in [6.07, 6.45) is 1.11. The van der Waals surface area contributed by atoms with Crippen LogP contribution in [0.1, 0.15) is 0 Å². The van der Waals surface area contributed by atoms with Crippen molar-refractivity contribution in [1.82, 2.24) is 0 Å². The molecule has 0 aliphatic heterocycles. The van der Waals surface area contributed by atoms with Crippen LogP contribution in [0.3, 0.4) is 0 Å². The molecule has 0 fully saturated rings. The minimum Gasteiger partial charge on any atom is -0.326 e. The van der Waals surface area contributed by atoms with Crippen LogP contribution in [0, 0.1) is 0 Å². The lowest BCUT2D eigenvalue weighted by Gasteiger charge is -2.05. The van der Waals surface area contributed by atoms with E-state index < -0.39 is 8.25 Å². The van der Waals surface area contributed by atoms with Crippen LogP contribution in [-0.2, 0) is 9.09 Å². The molecule has 0 heterocycles. The average Bonchev–Trinajstić information content (AvgIpc) is 1.82. The monoisotopic (exact) mass is 214 g/mol. The largest absolute Gasteiger partial charge is 0.326 e. The second-order valence-electron chi connectivity index (χ2n) is 1.31. The molecule has 0 spiro atoms. The molecule has 0 saturated carbocycles. The lowest BCUT2D eigenvalue weighted by Crippen LogP contribution is -2.05. The third-order valence-electron chi connectivity index (χ3n) is 0.667. The minimum atomic E-state index is -2.81. The molecule has 0 amide bonds. The van der Waals surface area contributed by atoms with E-state index in [9.17, 15) is 4.57 Å². The molecule has 1 N–H and O–H groups in total. The van der Waals surface area contributed by atoms with E-state index in [0.717, 1.165) is 0 Å². The second kappa shape index (κ2) is 5.18. The molecule has 0 rings (SSSR count). The van der Waals surface area contributed by atoms with E-state index in [1.807, 2.05) is 0 Å². The highest BCUT2D eigenvalue weighted by Gasteiger charge is 2.03. The molecule has 3 nitrogen and oxygen atoms in total. The van der Waals surface area contributed by atoms with Gasteiger partial charge in [-0.05, 0) is 0 Å². The SMILES string of the molecule is C=CC(CBr)O[PH](=O)O. The van der Waals surface area contributed by atoms with E-state index in [0.29, 0.717) is 5.33 Å². The van der Waals surface area contributed by atoms with E-state index in [1.54, 1.807) is 0 Å². The summed E-state index contributed by atoms with van der Waals surface area (Å²) in [6.45, 7) is 3.40. The zero-order valence-electron chi connectivity index (χ0n) is 4.71. The van der Waals surface area contributed by atoms with Gasteiger partial charge in [0.15, 0.2) is 0 Å². The standard InChI is InChI=1S/C4H8BrO3P/c1-2-4(3-5)8-9(6)7/h2,4,9H,1,3H2,(H,6,7). The number of halogens is 1. The Morgan fingerprint density at radius 2 is 2.56 bits per heavy atom. The van der Waals surface area contributed by atoms with Gasteiger partial charge in [-0.1, -0.05) is 22.0 Å². The van der Waals surface area contributed by atoms with E-state index in [2.05, 4.69) is 27.0 Å². The highest BCUT2D eigenvalue weighted by atomic mass is 79.9. The molecule has 9 heavy (non-hydrogen) atoms. The van der Waals surface area contributed by atoms with Gasteiger partial charge < -0.3 is 9.42 Å². The Kier molecular flexibility index (Phi) is 5.39. The first-order valence-corrected chi connectivity index (χ1v) is 4.67. The van der Waals surface area contributed by atoms with Gasteiger partial charge >= 0.3 is 8.25 Å². The third kappa shape index (κ3) is 4.85. The first kappa shape index (κ1) is 9.37. The van der Waals surface area contributed by atoms with Crippen molar-refractivity contribution in [1.29, 1.82) is 0 Å². The Labute approximate surface area is 62.8 Å². The number of hydrogen-bond donors (Lipinski definition) is 1. The van der Waals surface area contributed by atoms with Gasteiger partial charge in [0, 0.05) is 5.33 Å². The van der Waals surface area contributed by atoms with Crippen molar-refractivity contribution in [2.45, 2.75) is 6.10 Å².